The fourth-order valence-electron chi connectivity index (χ4n) is 3.05. The maximum absolute atomic E-state index is 13.8. The van der Waals surface area contributed by atoms with E-state index in [1.54, 1.807) is 18.2 Å². The number of nitrogens with one attached hydrogen (secondary N) is 1. The van der Waals surface area contributed by atoms with Gasteiger partial charge in [0.15, 0.2) is 5.76 Å². The number of hydrogen-bond acceptors (Lipinski definition) is 4. The number of nitrogens with zero attached hydrogens (tertiary/aromatic N) is 1. The van der Waals surface area contributed by atoms with Gasteiger partial charge in [-0.15, -0.1) is 0 Å². The standard InChI is InChI=1S/C22H16F2N2O3/c23-15-7-8-16(18(24)11-15)20(27)12-25-22(28)14-6-9-19-17(10-14)21(29-26-19)13-4-2-1-3-5-13/h1-11,20,27H,12H2,(H,25,28). The van der Waals surface area contributed by atoms with Crippen LogP contribution in [0, 0.1) is 11.6 Å². The third-order valence-electron chi connectivity index (χ3n) is 4.55. The maximum Gasteiger partial charge on any atom is 0.251 e. The molecule has 0 bridgehead atoms. The molecule has 1 amide bonds. The maximum atomic E-state index is 13.8. The lowest BCUT2D eigenvalue weighted by Crippen LogP contribution is -2.28. The van der Waals surface area contributed by atoms with Crippen molar-refractivity contribution in [3.63, 3.8) is 0 Å². The van der Waals surface area contributed by atoms with E-state index in [0.29, 0.717) is 28.3 Å². The van der Waals surface area contributed by atoms with E-state index < -0.39 is 23.6 Å². The van der Waals surface area contributed by atoms with Crippen molar-refractivity contribution in [2.75, 3.05) is 6.54 Å². The summed E-state index contributed by atoms with van der Waals surface area (Å²) >= 11 is 0. The quantitative estimate of drug-likeness (QED) is 0.531. The predicted octanol–water partition coefficient (Wildman–Crippen LogP) is 4.24. The lowest BCUT2D eigenvalue weighted by atomic mass is 10.1. The minimum absolute atomic E-state index is 0.0902. The van der Waals surface area contributed by atoms with Gasteiger partial charge in [0.1, 0.15) is 17.2 Å². The van der Waals surface area contributed by atoms with Crippen LogP contribution in [0.15, 0.2) is 71.3 Å². The van der Waals surface area contributed by atoms with Crippen LogP contribution in [0.1, 0.15) is 22.0 Å². The summed E-state index contributed by atoms with van der Waals surface area (Å²) in [6.07, 6.45) is -1.31. The second-order valence-electron chi connectivity index (χ2n) is 6.50. The second kappa shape index (κ2) is 7.81. The van der Waals surface area contributed by atoms with Crippen LogP contribution in [-0.2, 0) is 0 Å². The molecule has 146 valence electrons. The Balaban J connectivity index is 1.53. The van der Waals surface area contributed by atoms with E-state index >= 15 is 0 Å². The highest BCUT2D eigenvalue weighted by atomic mass is 19.1. The number of carbonyl (C=O) groups excluding carboxylic acids is 1. The zero-order valence-corrected chi connectivity index (χ0v) is 15.1. The summed E-state index contributed by atoms with van der Waals surface area (Å²) < 4.78 is 32.2. The normalized spacial score (nSPS) is 12.1. The highest BCUT2D eigenvalue weighted by Gasteiger charge is 2.17. The number of rotatable bonds is 5. The predicted molar refractivity (Wildman–Crippen MR) is 103 cm³/mol. The van der Waals surface area contributed by atoms with E-state index in [2.05, 4.69) is 10.5 Å². The Bertz CT molecular complexity index is 1180. The van der Waals surface area contributed by atoms with Gasteiger partial charge in [0, 0.05) is 29.3 Å². The summed E-state index contributed by atoms with van der Waals surface area (Å²) in [4.78, 5) is 12.5. The number of benzene rings is 3. The minimum Gasteiger partial charge on any atom is -0.386 e. The topological polar surface area (TPSA) is 75.4 Å². The third kappa shape index (κ3) is 3.86. The highest BCUT2D eigenvalue weighted by molar-refractivity contribution is 6.01. The molecule has 0 saturated heterocycles. The second-order valence-corrected chi connectivity index (χ2v) is 6.50. The molecule has 0 spiro atoms. The molecule has 0 aliphatic heterocycles. The van der Waals surface area contributed by atoms with Gasteiger partial charge in [-0.25, -0.2) is 8.78 Å². The summed E-state index contributed by atoms with van der Waals surface area (Å²) in [5.74, 6) is -1.51. The Morgan fingerprint density at radius 2 is 1.86 bits per heavy atom. The van der Waals surface area contributed by atoms with Gasteiger partial charge in [-0.1, -0.05) is 41.6 Å². The minimum atomic E-state index is -1.31. The summed E-state index contributed by atoms with van der Waals surface area (Å²) in [6.45, 7) is -0.228. The lowest BCUT2D eigenvalue weighted by molar-refractivity contribution is 0.0914. The molecule has 0 radical (unpaired) electrons. The number of amides is 1. The number of fused-ring (bicyclic) bond motifs is 1. The van der Waals surface area contributed by atoms with Crippen LogP contribution < -0.4 is 5.32 Å². The van der Waals surface area contributed by atoms with Crippen molar-refractivity contribution < 1.29 is 23.2 Å². The Morgan fingerprint density at radius 1 is 1.07 bits per heavy atom. The van der Waals surface area contributed by atoms with Gasteiger partial charge in [-0.3, -0.25) is 4.79 Å². The smallest absolute Gasteiger partial charge is 0.251 e. The molecule has 0 saturated carbocycles. The fourth-order valence-corrected chi connectivity index (χ4v) is 3.05. The number of aliphatic hydroxyl groups excluding tert-OH is 1. The Morgan fingerprint density at radius 3 is 2.62 bits per heavy atom. The highest BCUT2D eigenvalue weighted by Crippen LogP contribution is 2.29. The van der Waals surface area contributed by atoms with Crippen LogP contribution in [0.3, 0.4) is 0 Å². The van der Waals surface area contributed by atoms with Gasteiger partial charge in [-0.2, -0.15) is 0 Å². The van der Waals surface area contributed by atoms with E-state index in [9.17, 15) is 18.7 Å². The number of aromatic nitrogens is 1. The number of halogens is 2. The molecular formula is C22H16F2N2O3. The van der Waals surface area contributed by atoms with E-state index in [4.69, 9.17) is 4.52 Å². The molecule has 2 N–H and O–H groups in total. The van der Waals surface area contributed by atoms with Crippen LogP contribution in [0.25, 0.3) is 22.2 Å². The summed E-state index contributed by atoms with van der Waals surface area (Å²) in [5, 5.41) is 17.4. The number of aliphatic hydroxyl groups is 1. The molecule has 1 aromatic heterocycles. The molecule has 0 fully saturated rings. The van der Waals surface area contributed by atoms with E-state index in [-0.39, 0.29) is 12.1 Å². The first-order valence-electron chi connectivity index (χ1n) is 8.89. The Hall–Kier alpha value is -3.58. The average molecular weight is 394 g/mol. The first-order chi connectivity index (χ1) is 14.0. The first kappa shape index (κ1) is 18.8. The molecule has 5 nitrogen and oxygen atoms in total. The first-order valence-corrected chi connectivity index (χ1v) is 8.89. The molecule has 0 aliphatic carbocycles. The SMILES string of the molecule is O=C(NCC(O)c1ccc(F)cc1F)c1ccc2noc(-c3ccccc3)c2c1. The van der Waals surface area contributed by atoms with Gasteiger partial charge in [-0.05, 0) is 24.3 Å². The van der Waals surface area contributed by atoms with Crippen LogP contribution in [0.5, 0.6) is 0 Å². The number of hydrogen-bond donors (Lipinski definition) is 2. The Kier molecular flexibility index (Phi) is 5.05. The molecule has 1 heterocycles. The van der Waals surface area contributed by atoms with Crippen LogP contribution in [-0.4, -0.2) is 22.7 Å². The molecule has 4 rings (SSSR count). The summed E-state index contributed by atoms with van der Waals surface area (Å²) in [7, 11) is 0. The van der Waals surface area contributed by atoms with Gasteiger partial charge >= 0.3 is 0 Å². The lowest BCUT2D eigenvalue weighted by Gasteiger charge is -2.13. The van der Waals surface area contributed by atoms with E-state index in [0.717, 1.165) is 17.7 Å². The molecule has 0 aliphatic rings. The zero-order valence-electron chi connectivity index (χ0n) is 15.1. The molecule has 3 aromatic carbocycles. The molecule has 1 atom stereocenters. The summed E-state index contributed by atoms with van der Waals surface area (Å²) in [5.41, 5.74) is 1.68. The van der Waals surface area contributed by atoms with Crippen LogP contribution >= 0.6 is 0 Å². The number of carbonyl (C=O) groups is 1. The van der Waals surface area contributed by atoms with Crippen molar-refractivity contribution in [2.24, 2.45) is 0 Å². The molecular weight excluding hydrogens is 378 g/mol. The average Bonchev–Trinajstić information content (AvgIpc) is 3.15. The third-order valence-corrected chi connectivity index (χ3v) is 4.55. The van der Waals surface area contributed by atoms with Crippen molar-refractivity contribution in [1.82, 2.24) is 10.5 Å². The van der Waals surface area contributed by atoms with Crippen LogP contribution in [0.2, 0.25) is 0 Å². The molecule has 4 aromatic rings. The van der Waals surface area contributed by atoms with E-state index in [1.165, 1.54) is 0 Å². The van der Waals surface area contributed by atoms with Crippen molar-refractivity contribution in [1.29, 1.82) is 0 Å². The largest absolute Gasteiger partial charge is 0.386 e. The van der Waals surface area contributed by atoms with Gasteiger partial charge in [0.2, 0.25) is 0 Å². The fraction of sp³-hybridized carbons (Fsp3) is 0.0909. The molecule has 1 unspecified atom stereocenters. The van der Waals surface area contributed by atoms with E-state index in [1.807, 2.05) is 30.3 Å². The van der Waals surface area contributed by atoms with Crippen LogP contribution in [0.4, 0.5) is 8.78 Å². The monoisotopic (exact) mass is 394 g/mol. The van der Waals surface area contributed by atoms with Gasteiger partial charge < -0.3 is 14.9 Å². The molecule has 29 heavy (non-hydrogen) atoms. The van der Waals surface area contributed by atoms with Gasteiger partial charge in [0.25, 0.3) is 5.91 Å². The summed E-state index contributed by atoms with van der Waals surface area (Å²) in [6, 6.07) is 17.2. The van der Waals surface area contributed by atoms with Crippen molar-refractivity contribution in [2.45, 2.75) is 6.10 Å². The zero-order chi connectivity index (χ0) is 20.4. The van der Waals surface area contributed by atoms with Gasteiger partial charge in [0.05, 0.1) is 11.5 Å². The Labute approximate surface area is 164 Å². The van der Waals surface area contributed by atoms with Crippen molar-refractivity contribution in [3.05, 3.63) is 89.5 Å². The van der Waals surface area contributed by atoms with Crippen molar-refractivity contribution >= 4 is 16.8 Å². The molecule has 7 heteroatoms. The van der Waals surface area contributed by atoms with Crippen molar-refractivity contribution in [3.8, 4) is 11.3 Å².